The molecule has 1 aromatic rings. The van der Waals surface area contributed by atoms with E-state index in [9.17, 15) is 9.59 Å². The Morgan fingerprint density at radius 3 is 2.96 bits per heavy atom. The number of nitrogens with one attached hydrogen (secondary N) is 2. The van der Waals surface area contributed by atoms with Gasteiger partial charge >= 0.3 is 0 Å². The predicted octanol–water partition coefficient (Wildman–Crippen LogP) is 0.958. The first-order chi connectivity index (χ1) is 12.5. The van der Waals surface area contributed by atoms with E-state index in [0.717, 1.165) is 25.1 Å². The van der Waals surface area contributed by atoms with Gasteiger partial charge in [-0.2, -0.15) is 0 Å². The summed E-state index contributed by atoms with van der Waals surface area (Å²) in [5.74, 6) is 0.884. The van der Waals surface area contributed by atoms with Crippen molar-refractivity contribution in [2.75, 3.05) is 20.1 Å². The van der Waals surface area contributed by atoms with Crippen molar-refractivity contribution in [2.24, 2.45) is 0 Å². The van der Waals surface area contributed by atoms with Crippen LogP contribution in [0.2, 0.25) is 0 Å². The summed E-state index contributed by atoms with van der Waals surface area (Å²) in [6.07, 6.45) is 3.76. The number of furan rings is 1. The molecule has 1 aromatic heterocycles. The Labute approximate surface area is 155 Å². The molecule has 2 amide bonds. The van der Waals surface area contributed by atoms with Crippen molar-refractivity contribution in [2.45, 2.75) is 63.8 Å². The lowest BCUT2D eigenvalue weighted by Crippen LogP contribution is -2.51. The molecule has 0 aliphatic carbocycles. The second-order valence-electron chi connectivity index (χ2n) is 7.59. The molecular weight excluding hydrogens is 332 g/mol. The van der Waals surface area contributed by atoms with Crippen LogP contribution in [0, 0.1) is 0 Å². The number of hydrogen-bond acceptors (Lipinski definition) is 5. The van der Waals surface area contributed by atoms with Gasteiger partial charge in [0.05, 0.1) is 12.8 Å². The van der Waals surface area contributed by atoms with Gasteiger partial charge in [-0.25, -0.2) is 0 Å². The fourth-order valence-corrected chi connectivity index (χ4v) is 4.16. The zero-order chi connectivity index (χ0) is 18.7. The molecule has 2 N–H and O–H groups in total. The Balaban J connectivity index is 1.54. The molecule has 2 saturated heterocycles. The molecule has 2 aliphatic heterocycles. The first-order valence-electron chi connectivity index (χ1n) is 9.52. The number of carbonyl (C=O) groups excluding carboxylic acids is 2. The molecule has 2 aliphatic rings. The number of likely N-dealkylation sites (N-methyl/N-ethyl adjacent to an activating group) is 1. The standard InChI is InChI=1S/C19H30N4O3/c1-13(2)23-9-8-16-18(23)19(25)21-11-14(22(16)3)6-7-17(24)20-12-15-5-4-10-26-15/h4-5,10,13-14,16,18H,6-9,11-12H2,1-3H3,(H,20,24)(H,21,25). The van der Waals surface area contributed by atoms with Crippen molar-refractivity contribution in [1.29, 1.82) is 0 Å². The van der Waals surface area contributed by atoms with E-state index >= 15 is 0 Å². The average Bonchev–Trinajstić information content (AvgIpc) is 3.26. The second kappa shape index (κ2) is 8.22. The van der Waals surface area contributed by atoms with E-state index in [0.29, 0.717) is 25.6 Å². The summed E-state index contributed by atoms with van der Waals surface area (Å²) >= 11 is 0. The molecule has 26 heavy (non-hydrogen) atoms. The molecule has 144 valence electrons. The minimum Gasteiger partial charge on any atom is -0.467 e. The topological polar surface area (TPSA) is 77.8 Å². The highest BCUT2D eigenvalue weighted by atomic mass is 16.3. The highest BCUT2D eigenvalue weighted by molar-refractivity contribution is 5.83. The third kappa shape index (κ3) is 4.10. The quantitative estimate of drug-likeness (QED) is 0.788. The molecule has 3 rings (SSSR count). The maximum Gasteiger partial charge on any atom is 0.239 e. The molecule has 0 radical (unpaired) electrons. The van der Waals surface area contributed by atoms with Crippen molar-refractivity contribution in [3.63, 3.8) is 0 Å². The van der Waals surface area contributed by atoms with Crippen LogP contribution >= 0.6 is 0 Å². The minimum absolute atomic E-state index is 0.0113. The first-order valence-corrected chi connectivity index (χ1v) is 9.52. The maximum atomic E-state index is 12.6. The van der Waals surface area contributed by atoms with Gasteiger partial charge in [-0.1, -0.05) is 0 Å². The van der Waals surface area contributed by atoms with Crippen LogP contribution in [0.15, 0.2) is 22.8 Å². The van der Waals surface area contributed by atoms with Crippen LogP contribution in [-0.2, 0) is 16.1 Å². The van der Waals surface area contributed by atoms with Crippen molar-refractivity contribution >= 4 is 11.8 Å². The van der Waals surface area contributed by atoms with Gasteiger partial charge in [0.2, 0.25) is 11.8 Å². The third-order valence-electron chi connectivity index (χ3n) is 5.69. The van der Waals surface area contributed by atoms with Crippen LogP contribution in [0.5, 0.6) is 0 Å². The number of carbonyl (C=O) groups is 2. The van der Waals surface area contributed by atoms with E-state index in [1.807, 2.05) is 12.1 Å². The van der Waals surface area contributed by atoms with Gasteiger partial charge in [-0.3, -0.25) is 19.4 Å². The highest BCUT2D eigenvalue weighted by Gasteiger charge is 2.45. The van der Waals surface area contributed by atoms with Gasteiger partial charge in [-0.05, 0) is 45.9 Å². The molecule has 0 saturated carbocycles. The largest absolute Gasteiger partial charge is 0.467 e. The summed E-state index contributed by atoms with van der Waals surface area (Å²) < 4.78 is 5.23. The molecule has 7 nitrogen and oxygen atoms in total. The molecule has 0 aromatic carbocycles. The van der Waals surface area contributed by atoms with Gasteiger partial charge in [0, 0.05) is 37.6 Å². The Bertz CT molecular complexity index is 616. The lowest BCUT2D eigenvalue weighted by molar-refractivity contribution is -0.126. The van der Waals surface area contributed by atoms with E-state index in [-0.39, 0.29) is 29.9 Å². The zero-order valence-electron chi connectivity index (χ0n) is 15.9. The highest BCUT2D eigenvalue weighted by Crippen LogP contribution is 2.28. The summed E-state index contributed by atoms with van der Waals surface area (Å²) in [6.45, 7) is 6.24. The molecule has 3 heterocycles. The lowest BCUT2D eigenvalue weighted by atomic mass is 10.0. The summed E-state index contributed by atoms with van der Waals surface area (Å²) in [7, 11) is 2.09. The molecule has 2 fully saturated rings. The van der Waals surface area contributed by atoms with E-state index in [2.05, 4.69) is 41.3 Å². The Morgan fingerprint density at radius 2 is 2.27 bits per heavy atom. The summed E-state index contributed by atoms with van der Waals surface area (Å²) in [6, 6.07) is 4.32. The minimum atomic E-state index is -0.0854. The Morgan fingerprint density at radius 1 is 1.46 bits per heavy atom. The van der Waals surface area contributed by atoms with Crippen LogP contribution in [0.1, 0.15) is 38.9 Å². The predicted molar refractivity (Wildman–Crippen MR) is 98.4 cm³/mol. The van der Waals surface area contributed by atoms with Gasteiger partial charge in [-0.15, -0.1) is 0 Å². The number of nitrogens with zero attached hydrogens (tertiary/aromatic N) is 2. The van der Waals surface area contributed by atoms with Crippen LogP contribution in [0.3, 0.4) is 0 Å². The summed E-state index contributed by atoms with van der Waals surface area (Å²) in [5, 5.41) is 5.98. The van der Waals surface area contributed by atoms with Gasteiger partial charge in [0.25, 0.3) is 0 Å². The van der Waals surface area contributed by atoms with Crippen LogP contribution in [-0.4, -0.2) is 65.9 Å². The number of amides is 2. The van der Waals surface area contributed by atoms with Crippen molar-refractivity contribution in [3.8, 4) is 0 Å². The number of fused-ring (bicyclic) bond motifs is 1. The number of likely N-dealkylation sites (tertiary alicyclic amines) is 1. The summed E-state index contributed by atoms with van der Waals surface area (Å²) in [5.41, 5.74) is 0. The van der Waals surface area contributed by atoms with E-state index in [1.54, 1.807) is 6.26 Å². The van der Waals surface area contributed by atoms with Crippen molar-refractivity contribution < 1.29 is 14.0 Å². The van der Waals surface area contributed by atoms with E-state index in [1.165, 1.54) is 0 Å². The van der Waals surface area contributed by atoms with Gasteiger partial charge in [0.1, 0.15) is 11.8 Å². The molecule has 0 spiro atoms. The monoisotopic (exact) mass is 362 g/mol. The van der Waals surface area contributed by atoms with Crippen LogP contribution in [0.4, 0.5) is 0 Å². The molecular formula is C19H30N4O3. The summed E-state index contributed by atoms with van der Waals surface area (Å²) in [4.78, 5) is 29.3. The number of hydrogen-bond donors (Lipinski definition) is 2. The van der Waals surface area contributed by atoms with Gasteiger partial charge in [0.15, 0.2) is 0 Å². The maximum absolute atomic E-state index is 12.6. The second-order valence-corrected chi connectivity index (χ2v) is 7.59. The van der Waals surface area contributed by atoms with Crippen LogP contribution < -0.4 is 10.6 Å². The normalized spacial score (nSPS) is 27.2. The van der Waals surface area contributed by atoms with Crippen LogP contribution in [0.25, 0.3) is 0 Å². The third-order valence-corrected chi connectivity index (χ3v) is 5.69. The zero-order valence-corrected chi connectivity index (χ0v) is 15.9. The smallest absolute Gasteiger partial charge is 0.239 e. The molecule has 7 heteroatoms. The fourth-order valence-electron chi connectivity index (χ4n) is 4.16. The van der Waals surface area contributed by atoms with Crippen molar-refractivity contribution in [3.05, 3.63) is 24.2 Å². The molecule has 3 unspecified atom stereocenters. The SMILES string of the molecule is CC(C)N1CCC2C1C(=O)NCC(CCC(=O)NCc1ccco1)N2C. The van der Waals surface area contributed by atoms with Crippen molar-refractivity contribution in [1.82, 2.24) is 20.4 Å². The van der Waals surface area contributed by atoms with Gasteiger partial charge < -0.3 is 15.1 Å². The average molecular weight is 362 g/mol. The van der Waals surface area contributed by atoms with E-state index < -0.39 is 0 Å². The first kappa shape index (κ1) is 18.9. The molecule has 0 bridgehead atoms. The lowest BCUT2D eigenvalue weighted by Gasteiger charge is -2.34. The molecule has 3 atom stereocenters. The number of rotatable bonds is 6. The Kier molecular flexibility index (Phi) is 5.98. The fraction of sp³-hybridized carbons (Fsp3) is 0.684. The Hall–Kier alpha value is -1.86. The van der Waals surface area contributed by atoms with E-state index in [4.69, 9.17) is 4.42 Å².